The zero-order chi connectivity index (χ0) is 8.72. The molecule has 0 heteroatoms. The molecule has 2 aliphatic carbocycles. The lowest BCUT2D eigenvalue weighted by molar-refractivity contribution is 0.412. The van der Waals surface area contributed by atoms with Gasteiger partial charge in [0.1, 0.15) is 0 Å². The summed E-state index contributed by atoms with van der Waals surface area (Å²) in [4.78, 5) is 0. The molecule has 0 nitrogen and oxygen atoms in total. The summed E-state index contributed by atoms with van der Waals surface area (Å²) in [6.45, 7) is 7.07. The van der Waals surface area contributed by atoms with E-state index >= 15 is 0 Å². The van der Waals surface area contributed by atoms with Gasteiger partial charge in [0, 0.05) is 0 Å². The molecule has 0 amide bonds. The molecule has 66 valence electrons. The number of allylic oxidation sites excluding steroid dienone is 4. The maximum absolute atomic E-state index is 2.38. The van der Waals surface area contributed by atoms with Gasteiger partial charge in [-0.05, 0) is 36.2 Å². The average Bonchev–Trinajstić information content (AvgIpc) is 2.53. The Kier molecular flexibility index (Phi) is 1.86. The van der Waals surface area contributed by atoms with Crippen LogP contribution in [0.25, 0.3) is 0 Å². The minimum absolute atomic E-state index is 0.822. The van der Waals surface area contributed by atoms with Gasteiger partial charge in [0.05, 0.1) is 0 Å². The fraction of sp³-hybridized carbons (Fsp3) is 0.667. The first-order chi connectivity index (χ1) is 5.70. The molecule has 0 saturated heterocycles. The summed E-state index contributed by atoms with van der Waals surface area (Å²) < 4.78 is 0. The monoisotopic (exact) mass is 162 g/mol. The molecule has 0 spiro atoms. The summed E-state index contributed by atoms with van der Waals surface area (Å²) in [5.41, 5.74) is 3.41. The van der Waals surface area contributed by atoms with Gasteiger partial charge in [0.15, 0.2) is 0 Å². The highest BCUT2D eigenvalue weighted by Gasteiger charge is 2.32. The first kappa shape index (κ1) is 8.10. The highest BCUT2D eigenvalue weighted by atomic mass is 14.4. The first-order valence-corrected chi connectivity index (χ1v) is 5.09. The highest BCUT2D eigenvalue weighted by molar-refractivity contribution is 5.40. The topological polar surface area (TPSA) is 0 Å². The summed E-state index contributed by atoms with van der Waals surface area (Å²) >= 11 is 0. The zero-order valence-electron chi connectivity index (χ0n) is 8.30. The zero-order valence-corrected chi connectivity index (χ0v) is 8.30. The standard InChI is InChI=1S/C12H18/c1-8(2)12-7-9(3)10-5-4-6-11(10)12/h4,6,8-9,12H,5,7H2,1-3H3. The van der Waals surface area contributed by atoms with Gasteiger partial charge in [-0.15, -0.1) is 0 Å². The number of rotatable bonds is 1. The van der Waals surface area contributed by atoms with E-state index in [4.69, 9.17) is 0 Å². The molecule has 0 radical (unpaired) electrons. The fourth-order valence-electron chi connectivity index (χ4n) is 2.67. The minimum Gasteiger partial charge on any atom is -0.0802 e. The van der Waals surface area contributed by atoms with Crippen LogP contribution < -0.4 is 0 Å². The van der Waals surface area contributed by atoms with Crippen molar-refractivity contribution in [3.8, 4) is 0 Å². The fourth-order valence-corrected chi connectivity index (χ4v) is 2.67. The van der Waals surface area contributed by atoms with E-state index in [1.165, 1.54) is 12.8 Å². The summed E-state index contributed by atoms with van der Waals surface area (Å²) in [5.74, 6) is 2.53. The van der Waals surface area contributed by atoms with Crippen LogP contribution in [-0.4, -0.2) is 0 Å². The van der Waals surface area contributed by atoms with Crippen LogP contribution in [0.1, 0.15) is 33.6 Å². The maximum Gasteiger partial charge on any atom is -0.0127 e. The minimum atomic E-state index is 0.822. The average molecular weight is 162 g/mol. The van der Waals surface area contributed by atoms with E-state index in [0.29, 0.717) is 0 Å². The van der Waals surface area contributed by atoms with Crippen molar-refractivity contribution >= 4 is 0 Å². The van der Waals surface area contributed by atoms with Crippen molar-refractivity contribution in [2.45, 2.75) is 33.6 Å². The molecule has 0 fully saturated rings. The third kappa shape index (κ3) is 1.05. The second-order valence-electron chi connectivity index (χ2n) is 4.57. The second-order valence-corrected chi connectivity index (χ2v) is 4.57. The van der Waals surface area contributed by atoms with Crippen molar-refractivity contribution in [2.75, 3.05) is 0 Å². The lowest BCUT2D eigenvalue weighted by atomic mass is 9.88. The predicted molar refractivity (Wildman–Crippen MR) is 52.9 cm³/mol. The van der Waals surface area contributed by atoms with E-state index < -0.39 is 0 Å². The summed E-state index contributed by atoms with van der Waals surface area (Å²) in [7, 11) is 0. The van der Waals surface area contributed by atoms with Crippen LogP contribution in [0.3, 0.4) is 0 Å². The van der Waals surface area contributed by atoms with Gasteiger partial charge >= 0.3 is 0 Å². The van der Waals surface area contributed by atoms with Crippen molar-refractivity contribution in [1.29, 1.82) is 0 Å². The van der Waals surface area contributed by atoms with Gasteiger partial charge in [-0.2, -0.15) is 0 Å². The van der Waals surface area contributed by atoms with Crippen molar-refractivity contribution in [3.05, 3.63) is 23.3 Å². The predicted octanol–water partition coefficient (Wildman–Crippen LogP) is 3.55. The molecule has 0 N–H and O–H groups in total. The van der Waals surface area contributed by atoms with E-state index in [0.717, 1.165) is 17.8 Å². The molecular formula is C12H18. The van der Waals surface area contributed by atoms with Gasteiger partial charge in [0.2, 0.25) is 0 Å². The first-order valence-electron chi connectivity index (χ1n) is 5.09. The van der Waals surface area contributed by atoms with Crippen molar-refractivity contribution in [3.63, 3.8) is 0 Å². The van der Waals surface area contributed by atoms with Crippen LogP contribution in [0.15, 0.2) is 23.3 Å². The molecule has 2 aliphatic rings. The molecule has 0 heterocycles. The van der Waals surface area contributed by atoms with Crippen LogP contribution >= 0.6 is 0 Å². The maximum atomic E-state index is 2.38. The molecule has 0 bridgehead atoms. The normalized spacial score (nSPS) is 33.7. The molecule has 2 rings (SSSR count). The number of hydrogen-bond donors (Lipinski definition) is 0. The quantitative estimate of drug-likeness (QED) is 0.553. The van der Waals surface area contributed by atoms with Gasteiger partial charge in [-0.1, -0.05) is 38.5 Å². The van der Waals surface area contributed by atoms with Crippen LogP contribution in [0.4, 0.5) is 0 Å². The third-order valence-corrected chi connectivity index (χ3v) is 3.41. The Morgan fingerprint density at radius 1 is 1.42 bits per heavy atom. The van der Waals surface area contributed by atoms with Crippen molar-refractivity contribution < 1.29 is 0 Å². The summed E-state index contributed by atoms with van der Waals surface area (Å²) in [5, 5.41) is 0. The second kappa shape index (κ2) is 2.76. The van der Waals surface area contributed by atoms with E-state index in [1.54, 1.807) is 11.1 Å². The van der Waals surface area contributed by atoms with Crippen LogP contribution in [-0.2, 0) is 0 Å². The Bertz CT molecular complexity index is 243. The van der Waals surface area contributed by atoms with Crippen molar-refractivity contribution in [1.82, 2.24) is 0 Å². The van der Waals surface area contributed by atoms with E-state index in [9.17, 15) is 0 Å². The molecule has 2 atom stereocenters. The molecule has 0 aromatic heterocycles. The largest absolute Gasteiger partial charge is 0.0802 e. The molecule has 2 unspecified atom stereocenters. The molecule has 0 aliphatic heterocycles. The third-order valence-electron chi connectivity index (χ3n) is 3.41. The Hall–Kier alpha value is -0.520. The Morgan fingerprint density at radius 3 is 2.83 bits per heavy atom. The lowest BCUT2D eigenvalue weighted by Crippen LogP contribution is -2.07. The Balaban J connectivity index is 2.26. The Morgan fingerprint density at radius 2 is 2.17 bits per heavy atom. The van der Waals surface area contributed by atoms with Crippen LogP contribution in [0.2, 0.25) is 0 Å². The summed E-state index contributed by atoms with van der Waals surface area (Å²) in [6.07, 6.45) is 7.33. The van der Waals surface area contributed by atoms with E-state index in [2.05, 4.69) is 32.9 Å². The number of hydrogen-bond acceptors (Lipinski definition) is 0. The molecule has 0 aromatic carbocycles. The van der Waals surface area contributed by atoms with Crippen molar-refractivity contribution in [2.24, 2.45) is 17.8 Å². The van der Waals surface area contributed by atoms with Gasteiger partial charge in [-0.3, -0.25) is 0 Å². The summed E-state index contributed by atoms with van der Waals surface area (Å²) in [6, 6.07) is 0. The van der Waals surface area contributed by atoms with Gasteiger partial charge < -0.3 is 0 Å². The van der Waals surface area contributed by atoms with Crippen LogP contribution in [0.5, 0.6) is 0 Å². The van der Waals surface area contributed by atoms with E-state index in [1.807, 2.05) is 0 Å². The van der Waals surface area contributed by atoms with Gasteiger partial charge in [0.25, 0.3) is 0 Å². The van der Waals surface area contributed by atoms with E-state index in [-0.39, 0.29) is 0 Å². The van der Waals surface area contributed by atoms with Gasteiger partial charge in [-0.25, -0.2) is 0 Å². The molecule has 0 aromatic rings. The Labute approximate surface area is 75.4 Å². The molecule has 12 heavy (non-hydrogen) atoms. The smallest absolute Gasteiger partial charge is 0.0127 e. The SMILES string of the molecule is CC1CC(C(C)C)C2=C1CC=C2. The molecular weight excluding hydrogens is 144 g/mol. The lowest BCUT2D eigenvalue weighted by Gasteiger charge is -2.16. The molecule has 0 saturated carbocycles. The van der Waals surface area contributed by atoms with Crippen LogP contribution in [0, 0.1) is 17.8 Å². The highest BCUT2D eigenvalue weighted by Crippen LogP contribution is 2.45.